The lowest BCUT2D eigenvalue weighted by Crippen LogP contribution is -2.08. The first-order chi connectivity index (χ1) is 9.63. The summed E-state index contributed by atoms with van der Waals surface area (Å²) in [5.41, 5.74) is 3.36. The number of rotatable bonds is 3. The van der Waals surface area contributed by atoms with Gasteiger partial charge in [-0.15, -0.1) is 0 Å². The predicted molar refractivity (Wildman–Crippen MR) is 82.5 cm³/mol. The Labute approximate surface area is 125 Å². The molecule has 0 aliphatic carbocycles. The minimum atomic E-state index is 0.589. The number of benzene rings is 1. The van der Waals surface area contributed by atoms with E-state index in [0.717, 1.165) is 21.3 Å². The van der Waals surface area contributed by atoms with Gasteiger partial charge in [0.2, 0.25) is 5.95 Å². The van der Waals surface area contributed by atoms with E-state index in [1.807, 2.05) is 7.05 Å². The molecule has 3 rings (SSSR count). The summed E-state index contributed by atoms with van der Waals surface area (Å²) < 4.78 is 2.95. The van der Waals surface area contributed by atoms with E-state index in [-0.39, 0.29) is 0 Å². The van der Waals surface area contributed by atoms with Crippen molar-refractivity contribution in [3.63, 3.8) is 0 Å². The third kappa shape index (κ3) is 2.51. The summed E-state index contributed by atoms with van der Waals surface area (Å²) in [7, 11) is 2.02. The van der Waals surface area contributed by atoms with Crippen molar-refractivity contribution >= 4 is 32.9 Å². The van der Waals surface area contributed by atoms with Gasteiger partial charge in [-0.2, -0.15) is 0 Å². The van der Waals surface area contributed by atoms with Crippen molar-refractivity contribution < 1.29 is 0 Å². The van der Waals surface area contributed by atoms with E-state index in [1.165, 1.54) is 5.56 Å². The van der Waals surface area contributed by atoms with Crippen molar-refractivity contribution in [2.45, 2.75) is 13.5 Å². The minimum Gasteiger partial charge on any atom is -0.347 e. The Morgan fingerprint density at radius 3 is 2.75 bits per heavy atom. The Hall–Kier alpha value is -1.95. The monoisotopic (exact) mass is 331 g/mol. The Balaban J connectivity index is 1.84. The molecule has 3 aromatic rings. The highest BCUT2D eigenvalue weighted by Crippen LogP contribution is 2.17. The maximum absolute atomic E-state index is 4.64. The van der Waals surface area contributed by atoms with Gasteiger partial charge in [-0.1, -0.05) is 6.07 Å². The van der Waals surface area contributed by atoms with Gasteiger partial charge in [0.15, 0.2) is 0 Å². The largest absolute Gasteiger partial charge is 0.347 e. The first-order valence-electron chi connectivity index (χ1n) is 6.27. The number of hydrogen-bond donors (Lipinski definition) is 1. The average Bonchev–Trinajstić information content (AvgIpc) is 2.74. The molecule has 0 saturated carbocycles. The molecular weight excluding hydrogens is 318 g/mol. The van der Waals surface area contributed by atoms with Crippen molar-refractivity contribution in [2.75, 3.05) is 5.32 Å². The van der Waals surface area contributed by atoms with E-state index >= 15 is 0 Å². The third-order valence-electron chi connectivity index (χ3n) is 3.15. The molecular formula is C14H14BrN5. The first-order valence-corrected chi connectivity index (χ1v) is 7.06. The quantitative estimate of drug-likeness (QED) is 0.801. The Bertz CT molecular complexity index is 748. The lowest BCUT2D eigenvalue weighted by atomic mass is 10.2. The van der Waals surface area contributed by atoms with Crippen molar-refractivity contribution in [2.24, 2.45) is 7.05 Å². The lowest BCUT2D eigenvalue weighted by molar-refractivity contribution is 0.828. The number of hydrogen-bond acceptors (Lipinski definition) is 4. The highest BCUT2D eigenvalue weighted by molar-refractivity contribution is 9.10. The van der Waals surface area contributed by atoms with E-state index < -0.39 is 0 Å². The van der Waals surface area contributed by atoms with Gasteiger partial charge in [-0.05, 0) is 40.5 Å². The minimum absolute atomic E-state index is 0.589. The summed E-state index contributed by atoms with van der Waals surface area (Å²) in [6.07, 6.45) is 3.43. The van der Waals surface area contributed by atoms with Gasteiger partial charge in [0.05, 0.1) is 22.1 Å². The highest BCUT2D eigenvalue weighted by atomic mass is 79.9. The predicted octanol–water partition coefficient (Wildman–Crippen LogP) is 3.05. The molecule has 0 bridgehead atoms. The van der Waals surface area contributed by atoms with Crippen LogP contribution in [-0.2, 0) is 13.6 Å². The number of aryl methyl sites for hydroxylation is 2. The molecule has 0 aliphatic rings. The Morgan fingerprint density at radius 1 is 1.25 bits per heavy atom. The zero-order chi connectivity index (χ0) is 14.1. The van der Waals surface area contributed by atoms with Crippen LogP contribution in [0.2, 0.25) is 0 Å². The second-order valence-electron chi connectivity index (χ2n) is 4.66. The normalized spacial score (nSPS) is 10.9. The molecule has 2 heterocycles. The van der Waals surface area contributed by atoms with Crippen LogP contribution in [0.15, 0.2) is 35.1 Å². The number of nitrogens with zero attached hydrogens (tertiary/aromatic N) is 4. The molecule has 2 aromatic heterocycles. The van der Waals surface area contributed by atoms with E-state index in [9.17, 15) is 0 Å². The molecule has 0 amide bonds. The fourth-order valence-electron chi connectivity index (χ4n) is 2.08. The Kier molecular flexibility index (Phi) is 3.40. The van der Waals surface area contributed by atoms with Crippen LogP contribution in [-0.4, -0.2) is 19.5 Å². The summed E-state index contributed by atoms with van der Waals surface area (Å²) in [6.45, 7) is 2.66. The number of fused-ring (bicyclic) bond motifs is 1. The smallest absolute Gasteiger partial charge is 0.223 e. The number of imidazole rings is 1. The second kappa shape index (κ2) is 5.20. The zero-order valence-corrected chi connectivity index (χ0v) is 12.8. The van der Waals surface area contributed by atoms with Gasteiger partial charge in [0.1, 0.15) is 5.82 Å². The molecule has 0 unspecified atom stereocenters. The molecule has 0 spiro atoms. The molecule has 0 atom stereocenters. The molecule has 0 saturated heterocycles. The lowest BCUT2D eigenvalue weighted by Gasteiger charge is -2.04. The molecule has 5 nitrogen and oxygen atoms in total. The first kappa shape index (κ1) is 13.1. The average molecular weight is 332 g/mol. The number of halogens is 1. The third-order valence-corrected chi connectivity index (χ3v) is 3.56. The molecule has 1 aromatic carbocycles. The number of nitrogens with one attached hydrogen (secondary N) is 1. The number of anilines is 1. The van der Waals surface area contributed by atoms with E-state index in [0.29, 0.717) is 12.5 Å². The maximum Gasteiger partial charge on any atom is 0.223 e. The van der Waals surface area contributed by atoms with Crippen LogP contribution in [0.5, 0.6) is 0 Å². The van der Waals surface area contributed by atoms with Gasteiger partial charge in [0, 0.05) is 19.4 Å². The fourth-order valence-corrected chi connectivity index (χ4v) is 2.28. The van der Waals surface area contributed by atoms with Gasteiger partial charge in [-0.25, -0.2) is 15.0 Å². The van der Waals surface area contributed by atoms with Gasteiger partial charge < -0.3 is 9.88 Å². The van der Waals surface area contributed by atoms with Gasteiger partial charge in [-0.3, -0.25) is 0 Å². The van der Waals surface area contributed by atoms with Crippen LogP contribution in [0.25, 0.3) is 11.0 Å². The van der Waals surface area contributed by atoms with E-state index in [1.54, 1.807) is 12.4 Å². The van der Waals surface area contributed by atoms with Crippen molar-refractivity contribution in [3.8, 4) is 0 Å². The standard InChI is InChI=1S/C14H14BrN5/c1-9-3-4-12-11(5-9)19-13(20(12)2)8-18-14-16-6-10(15)7-17-14/h3-7H,8H2,1-2H3,(H,16,17,18). The van der Waals surface area contributed by atoms with Gasteiger partial charge in [0.25, 0.3) is 0 Å². The van der Waals surface area contributed by atoms with Crippen LogP contribution < -0.4 is 5.32 Å². The highest BCUT2D eigenvalue weighted by Gasteiger charge is 2.08. The summed E-state index contributed by atoms with van der Waals surface area (Å²) in [4.78, 5) is 13.0. The molecule has 0 radical (unpaired) electrons. The summed E-state index contributed by atoms with van der Waals surface area (Å²) >= 11 is 3.31. The SMILES string of the molecule is Cc1ccc2c(c1)nc(CNc1ncc(Br)cn1)n2C. The van der Waals surface area contributed by atoms with Crippen molar-refractivity contribution in [1.29, 1.82) is 0 Å². The summed E-state index contributed by atoms with van der Waals surface area (Å²) in [5.74, 6) is 1.55. The summed E-state index contributed by atoms with van der Waals surface area (Å²) in [5, 5.41) is 3.18. The topological polar surface area (TPSA) is 55.6 Å². The molecule has 6 heteroatoms. The van der Waals surface area contributed by atoms with Crippen LogP contribution in [0.1, 0.15) is 11.4 Å². The van der Waals surface area contributed by atoms with Crippen molar-refractivity contribution in [1.82, 2.24) is 19.5 Å². The van der Waals surface area contributed by atoms with Crippen molar-refractivity contribution in [3.05, 3.63) is 46.5 Å². The van der Waals surface area contributed by atoms with E-state index in [4.69, 9.17) is 0 Å². The summed E-state index contributed by atoms with van der Waals surface area (Å²) in [6, 6.07) is 6.28. The van der Waals surface area contributed by atoms with Crippen LogP contribution in [0.4, 0.5) is 5.95 Å². The second-order valence-corrected chi connectivity index (χ2v) is 5.57. The maximum atomic E-state index is 4.64. The van der Waals surface area contributed by atoms with E-state index in [2.05, 4.69) is 65.9 Å². The molecule has 1 N–H and O–H groups in total. The van der Waals surface area contributed by atoms with Gasteiger partial charge >= 0.3 is 0 Å². The molecule has 20 heavy (non-hydrogen) atoms. The van der Waals surface area contributed by atoms with Crippen LogP contribution >= 0.6 is 15.9 Å². The van der Waals surface area contributed by atoms with Crippen LogP contribution in [0, 0.1) is 6.92 Å². The number of aromatic nitrogens is 4. The molecule has 0 aliphatic heterocycles. The zero-order valence-electron chi connectivity index (χ0n) is 11.3. The molecule has 102 valence electrons. The Morgan fingerprint density at radius 2 is 2.00 bits per heavy atom. The fraction of sp³-hybridized carbons (Fsp3) is 0.214. The molecule has 0 fully saturated rings. The van der Waals surface area contributed by atoms with Crippen LogP contribution in [0.3, 0.4) is 0 Å².